The van der Waals surface area contributed by atoms with Gasteiger partial charge in [0.25, 0.3) is 5.69 Å². The summed E-state index contributed by atoms with van der Waals surface area (Å²) in [6, 6.07) is 9.60. The van der Waals surface area contributed by atoms with E-state index in [0.29, 0.717) is 5.69 Å². The van der Waals surface area contributed by atoms with E-state index in [1.54, 1.807) is 24.4 Å². The van der Waals surface area contributed by atoms with E-state index in [4.69, 9.17) is 0 Å². The van der Waals surface area contributed by atoms with E-state index in [1.807, 2.05) is 13.0 Å². The summed E-state index contributed by atoms with van der Waals surface area (Å²) in [7, 11) is 0. The van der Waals surface area contributed by atoms with Crippen molar-refractivity contribution in [3.63, 3.8) is 0 Å². The van der Waals surface area contributed by atoms with E-state index in [9.17, 15) is 14.9 Å². The largest absolute Gasteiger partial charge is 0.293 e. The lowest BCUT2D eigenvalue weighted by molar-refractivity contribution is -0.385. The monoisotopic (exact) mass is 256 g/mol. The molecule has 0 atom stereocenters. The van der Waals surface area contributed by atoms with E-state index in [0.717, 1.165) is 5.56 Å². The van der Waals surface area contributed by atoms with Gasteiger partial charge < -0.3 is 0 Å². The van der Waals surface area contributed by atoms with Crippen LogP contribution < -0.4 is 0 Å². The topological polar surface area (TPSA) is 73.1 Å². The molecule has 0 saturated heterocycles. The van der Waals surface area contributed by atoms with Gasteiger partial charge in [-0.3, -0.25) is 19.9 Å². The maximum absolute atomic E-state index is 12.1. The average molecular weight is 256 g/mol. The van der Waals surface area contributed by atoms with Crippen LogP contribution in [-0.2, 0) is 6.42 Å². The molecule has 1 aromatic carbocycles. The summed E-state index contributed by atoms with van der Waals surface area (Å²) < 4.78 is 0. The Morgan fingerprint density at radius 1 is 1.26 bits per heavy atom. The Hall–Kier alpha value is -2.56. The number of benzene rings is 1. The molecule has 0 aliphatic heterocycles. The minimum atomic E-state index is -0.543. The maximum Gasteiger partial charge on any atom is 0.280 e. The SMILES string of the molecule is Cc1cccnc1CC(=O)c1ccccc1[N+](=O)[O-]. The molecule has 5 heteroatoms. The standard InChI is InChI=1S/C14H12N2O3/c1-10-5-4-8-15-12(10)9-14(17)11-6-2-3-7-13(11)16(18)19/h2-8H,9H2,1H3. The molecular weight excluding hydrogens is 244 g/mol. The van der Waals surface area contributed by atoms with Crippen molar-refractivity contribution in [3.8, 4) is 0 Å². The van der Waals surface area contributed by atoms with Crippen molar-refractivity contribution in [1.82, 2.24) is 4.98 Å². The number of aryl methyl sites for hydroxylation is 1. The number of aromatic nitrogens is 1. The summed E-state index contributed by atoms with van der Waals surface area (Å²) in [4.78, 5) is 26.6. The molecule has 1 heterocycles. The second-order valence-corrected chi connectivity index (χ2v) is 4.14. The van der Waals surface area contributed by atoms with Gasteiger partial charge in [-0.25, -0.2) is 0 Å². The van der Waals surface area contributed by atoms with Gasteiger partial charge in [0.15, 0.2) is 5.78 Å². The number of carbonyl (C=O) groups is 1. The Morgan fingerprint density at radius 2 is 2.00 bits per heavy atom. The quantitative estimate of drug-likeness (QED) is 0.479. The van der Waals surface area contributed by atoms with E-state index in [2.05, 4.69) is 4.98 Å². The lowest BCUT2D eigenvalue weighted by Gasteiger charge is -2.04. The van der Waals surface area contributed by atoms with Gasteiger partial charge in [0.1, 0.15) is 0 Å². The molecule has 19 heavy (non-hydrogen) atoms. The minimum Gasteiger partial charge on any atom is -0.293 e. The van der Waals surface area contributed by atoms with Gasteiger partial charge in [-0.05, 0) is 24.6 Å². The van der Waals surface area contributed by atoms with Crippen LogP contribution in [0.25, 0.3) is 0 Å². The molecule has 2 rings (SSSR count). The number of hydrogen-bond acceptors (Lipinski definition) is 4. The van der Waals surface area contributed by atoms with Crippen molar-refractivity contribution in [2.75, 3.05) is 0 Å². The third kappa shape index (κ3) is 2.82. The van der Waals surface area contributed by atoms with Gasteiger partial charge in [0.05, 0.1) is 22.6 Å². The highest BCUT2D eigenvalue weighted by Crippen LogP contribution is 2.20. The van der Waals surface area contributed by atoms with Crippen LogP contribution in [0.4, 0.5) is 5.69 Å². The molecule has 0 aliphatic rings. The van der Waals surface area contributed by atoms with Crippen molar-refractivity contribution < 1.29 is 9.72 Å². The second kappa shape index (κ2) is 5.39. The van der Waals surface area contributed by atoms with E-state index >= 15 is 0 Å². The Morgan fingerprint density at radius 3 is 2.68 bits per heavy atom. The molecule has 5 nitrogen and oxygen atoms in total. The summed E-state index contributed by atoms with van der Waals surface area (Å²) in [6.45, 7) is 1.86. The Kier molecular flexibility index (Phi) is 3.66. The first kappa shape index (κ1) is 12.9. The Bertz CT molecular complexity index is 638. The third-order valence-corrected chi connectivity index (χ3v) is 2.85. The highest BCUT2D eigenvalue weighted by molar-refractivity contribution is 6.00. The minimum absolute atomic E-state index is 0.0670. The van der Waals surface area contributed by atoms with Gasteiger partial charge in [-0.15, -0.1) is 0 Å². The summed E-state index contributed by atoms with van der Waals surface area (Å²) >= 11 is 0. The number of pyridine rings is 1. The number of nitro groups is 1. The Labute approximate surface area is 110 Å². The van der Waals surface area contributed by atoms with E-state index in [1.165, 1.54) is 12.1 Å². The van der Waals surface area contributed by atoms with Crippen molar-refractivity contribution >= 4 is 11.5 Å². The number of para-hydroxylation sites is 1. The van der Waals surface area contributed by atoms with Crippen LogP contribution >= 0.6 is 0 Å². The van der Waals surface area contributed by atoms with Crippen molar-refractivity contribution in [2.24, 2.45) is 0 Å². The van der Waals surface area contributed by atoms with Gasteiger partial charge in [0, 0.05) is 12.3 Å². The van der Waals surface area contributed by atoms with Crippen LogP contribution in [0.15, 0.2) is 42.6 Å². The first-order valence-electron chi connectivity index (χ1n) is 5.76. The molecule has 0 saturated carbocycles. The second-order valence-electron chi connectivity index (χ2n) is 4.14. The van der Waals surface area contributed by atoms with Crippen LogP contribution in [0.5, 0.6) is 0 Å². The fourth-order valence-corrected chi connectivity index (χ4v) is 1.82. The van der Waals surface area contributed by atoms with Gasteiger partial charge in [-0.1, -0.05) is 18.2 Å². The molecule has 0 N–H and O–H groups in total. The lowest BCUT2D eigenvalue weighted by Crippen LogP contribution is -2.09. The molecule has 1 aromatic heterocycles. The summed E-state index contributed by atoms with van der Waals surface area (Å²) in [5.74, 6) is -0.297. The van der Waals surface area contributed by atoms with E-state index < -0.39 is 4.92 Å². The Balaban J connectivity index is 2.31. The number of rotatable bonds is 4. The fraction of sp³-hybridized carbons (Fsp3) is 0.143. The highest BCUT2D eigenvalue weighted by Gasteiger charge is 2.19. The lowest BCUT2D eigenvalue weighted by atomic mass is 10.0. The smallest absolute Gasteiger partial charge is 0.280 e. The van der Waals surface area contributed by atoms with E-state index in [-0.39, 0.29) is 23.5 Å². The summed E-state index contributed by atoms with van der Waals surface area (Å²) in [5, 5.41) is 10.9. The van der Waals surface area contributed by atoms with Crippen molar-refractivity contribution in [3.05, 3.63) is 69.5 Å². The number of Topliss-reactive ketones (excluding diaryl/α,β-unsaturated/α-hetero) is 1. The number of hydrogen-bond donors (Lipinski definition) is 0. The van der Waals surface area contributed by atoms with Gasteiger partial charge >= 0.3 is 0 Å². The zero-order valence-corrected chi connectivity index (χ0v) is 10.4. The molecule has 0 spiro atoms. The zero-order chi connectivity index (χ0) is 13.8. The van der Waals surface area contributed by atoms with Crippen molar-refractivity contribution in [1.29, 1.82) is 0 Å². The predicted molar refractivity (Wildman–Crippen MR) is 70.1 cm³/mol. The third-order valence-electron chi connectivity index (χ3n) is 2.85. The molecule has 2 aromatic rings. The number of nitro benzene ring substituents is 1. The van der Waals surface area contributed by atoms with Crippen LogP contribution in [0.3, 0.4) is 0 Å². The predicted octanol–water partition coefficient (Wildman–Crippen LogP) is 2.72. The maximum atomic E-state index is 12.1. The molecule has 0 unspecified atom stereocenters. The molecular formula is C14H12N2O3. The first-order valence-corrected chi connectivity index (χ1v) is 5.76. The van der Waals surface area contributed by atoms with Crippen LogP contribution in [0.1, 0.15) is 21.6 Å². The molecule has 0 aliphatic carbocycles. The average Bonchev–Trinajstić information content (AvgIpc) is 2.41. The summed E-state index contributed by atoms with van der Waals surface area (Å²) in [5.41, 5.74) is 1.50. The van der Waals surface area contributed by atoms with Gasteiger partial charge in [-0.2, -0.15) is 0 Å². The van der Waals surface area contributed by atoms with Gasteiger partial charge in [0.2, 0.25) is 0 Å². The number of nitrogens with zero attached hydrogens (tertiary/aromatic N) is 2. The fourth-order valence-electron chi connectivity index (χ4n) is 1.82. The number of ketones is 1. The first-order chi connectivity index (χ1) is 9.09. The molecule has 96 valence electrons. The normalized spacial score (nSPS) is 10.2. The van der Waals surface area contributed by atoms with Crippen molar-refractivity contribution in [2.45, 2.75) is 13.3 Å². The molecule has 0 fully saturated rings. The van der Waals surface area contributed by atoms with Crippen LogP contribution in [-0.4, -0.2) is 15.7 Å². The number of carbonyl (C=O) groups excluding carboxylic acids is 1. The highest BCUT2D eigenvalue weighted by atomic mass is 16.6. The molecule has 0 bridgehead atoms. The van der Waals surface area contributed by atoms with Crippen LogP contribution in [0, 0.1) is 17.0 Å². The zero-order valence-electron chi connectivity index (χ0n) is 10.4. The molecule has 0 amide bonds. The van der Waals surface area contributed by atoms with Crippen LogP contribution in [0.2, 0.25) is 0 Å². The molecule has 0 radical (unpaired) electrons. The summed E-state index contributed by atoms with van der Waals surface area (Å²) in [6.07, 6.45) is 1.67.